The summed E-state index contributed by atoms with van der Waals surface area (Å²) in [5, 5.41) is 12.9. The molecule has 1 fully saturated rings. The number of nitrogens with zero attached hydrogens (tertiary/aromatic N) is 1. The van der Waals surface area contributed by atoms with Crippen LogP contribution in [0.15, 0.2) is 0 Å². The number of nitrogens with one attached hydrogen (secondary N) is 1. The number of carbonyl (C=O) groups excluding carboxylic acids is 1. The van der Waals surface area contributed by atoms with Crippen molar-refractivity contribution in [1.82, 2.24) is 0 Å². The van der Waals surface area contributed by atoms with Crippen LogP contribution < -0.4 is 5.32 Å². The zero-order valence-corrected chi connectivity index (χ0v) is 13.1. The molecule has 1 amide bonds. The molecule has 1 N–H and O–H groups in total. The topological polar surface area (TPSA) is 52.9 Å². The summed E-state index contributed by atoms with van der Waals surface area (Å²) in [7, 11) is 0. The molecule has 1 heterocycles. The number of hydrogen-bond acceptors (Lipinski definition) is 3. The highest BCUT2D eigenvalue weighted by Crippen LogP contribution is 2.33. The van der Waals surface area contributed by atoms with Gasteiger partial charge in [0.05, 0.1) is 5.56 Å². The highest BCUT2D eigenvalue weighted by molar-refractivity contribution is 7.16. The summed E-state index contributed by atoms with van der Waals surface area (Å²) in [6, 6.07) is 2.23. The van der Waals surface area contributed by atoms with Crippen LogP contribution in [-0.4, -0.2) is 5.91 Å². The Morgan fingerprint density at radius 2 is 2.15 bits per heavy atom. The Balaban J connectivity index is 1.95. The van der Waals surface area contributed by atoms with Gasteiger partial charge in [-0.05, 0) is 31.2 Å². The van der Waals surface area contributed by atoms with E-state index in [1.807, 2.05) is 13.8 Å². The van der Waals surface area contributed by atoms with Crippen molar-refractivity contribution in [2.45, 2.75) is 58.8 Å². The highest BCUT2D eigenvalue weighted by Gasteiger charge is 2.18. The van der Waals surface area contributed by atoms with Crippen LogP contribution in [-0.2, 0) is 11.2 Å². The number of thiophene rings is 1. The quantitative estimate of drug-likeness (QED) is 0.873. The second-order valence-corrected chi connectivity index (χ2v) is 6.77. The largest absolute Gasteiger partial charge is 0.317 e. The smallest absolute Gasteiger partial charge is 0.225 e. The third-order valence-corrected chi connectivity index (χ3v) is 5.24. The number of amides is 1. The van der Waals surface area contributed by atoms with E-state index in [9.17, 15) is 10.1 Å². The van der Waals surface area contributed by atoms with Crippen LogP contribution >= 0.6 is 11.3 Å². The van der Waals surface area contributed by atoms with Gasteiger partial charge in [0.25, 0.3) is 0 Å². The van der Waals surface area contributed by atoms with E-state index in [1.165, 1.54) is 37.0 Å². The first-order valence-corrected chi connectivity index (χ1v) is 8.29. The van der Waals surface area contributed by atoms with Crippen LogP contribution in [0.25, 0.3) is 0 Å². The molecule has 20 heavy (non-hydrogen) atoms. The lowest BCUT2D eigenvalue weighted by molar-refractivity contribution is -0.116. The fraction of sp³-hybridized carbons (Fsp3) is 0.625. The minimum atomic E-state index is 0.0531. The van der Waals surface area contributed by atoms with Gasteiger partial charge in [-0.2, -0.15) is 5.26 Å². The second-order valence-electron chi connectivity index (χ2n) is 5.54. The summed E-state index contributed by atoms with van der Waals surface area (Å²) in [5.74, 6) is 0.782. The molecule has 1 aromatic heterocycles. The summed E-state index contributed by atoms with van der Waals surface area (Å²) in [4.78, 5) is 13.2. The molecule has 1 aliphatic rings. The molecule has 1 aliphatic carbocycles. The van der Waals surface area contributed by atoms with Gasteiger partial charge in [0.15, 0.2) is 0 Å². The zero-order valence-electron chi connectivity index (χ0n) is 12.3. The predicted octanol–water partition coefficient (Wildman–Crippen LogP) is 4.40. The van der Waals surface area contributed by atoms with Crippen molar-refractivity contribution in [1.29, 1.82) is 5.26 Å². The molecule has 1 aromatic rings. The van der Waals surface area contributed by atoms with E-state index >= 15 is 0 Å². The van der Waals surface area contributed by atoms with Crippen LogP contribution in [0, 0.1) is 24.2 Å². The second kappa shape index (κ2) is 6.90. The molecule has 0 unspecified atom stereocenters. The van der Waals surface area contributed by atoms with Gasteiger partial charge in [0, 0.05) is 11.3 Å². The van der Waals surface area contributed by atoms with E-state index in [0.717, 1.165) is 34.2 Å². The van der Waals surface area contributed by atoms with E-state index in [2.05, 4.69) is 11.4 Å². The maximum absolute atomic E-state index is 12.0. The summed E-state index contributed by atoms with van der Waals surface area (Å²) in [6.45, 7) is 4.06. The Bertz CT molecular complexity index is 521. The number of carbonyl (C=O) groups is 1. The van der Waals surface area contributed by atoms with E-state index in [0.29, 0.717) is 12.0 Å². The van der Waals surface area contributed by atoms with Crippen molar-refractivity contribution in [3.8, 4) is 6.07 Å². The van der Waals surface area contributed by atoms with Gasteiger partial charge >= 0.3 is 0 Å². The molecule has 0 aliphatic heterocycles. The van der Waals surface area contributed by atoms with Crippen molar-refractivity contribution < 1.29 is 4.79 Å². The Kier molecular flexibility index (Phi) is 5.19. The van der Waals surface area contributed by atoms with Gasteiger partial charge in [-0.15, -0.1) is 11.3 Å². The molecule has 2 rings (SSSR count). The van der Waals surface area contributed by atoms with Gasteiger partial charge < -0.3 is 5.32 Å². The number of aryl methyl sites for hydroxylation is 1. The van der Waals surface area contributed by atoms with Crippen LogP contribution in [0.3, 0.4) is 0 Å². The summed E-state index contributed by atoms with van der Waals surface area (Å²) < 4.78 is 0. The van der Waals surface area contributed by atoms with Gasteiger partial charge in [-0.25, -0.2) is 0 Å². The molecule has 108 valence electrons. The maximum atomic E-state index is 12.0. The molecule has 4 heteroatoms. The maximum Gasteiger partial charge on any atom is 0.225 e. The van der Waals surface area contributed by atoms with Crippen molar-refractivity contribution in [3.63, 3.8) is 0 Å². The lowest BCUT2D eigenvalue weighted by Crippen LogP contribution is -2.12. The average Bonchev–Trinajstić information content (AvgIpc) is 3.03. The SMILES string of the molecule is CCc1c(C)sc(NC(=O)CCC2CCCC2)c1C#N. The molecule has 0 bridgehead atoms. The Hall–Kier alpha value is -1.34. The van der Waals surface area contributed by atoms with E-state index in [-0.39, 0.29) is 5.91 Å². The van der Waals surface area contributed by atoms with Crippen molar-refractivity contribution >= 4 is 22.2 Å². The van der Waals surface area contributed by atoms with Crippen LogP contribution in [0.1, 0.15) is 61.5 Å². The Morgan fingerprint density at radius 1 is 1.45 bits per heavy atom. The first-order chi connectivity index (χ1) is 9.65. The van der Waals surface area contributed by atoms with Crippen LogP contribution in [0.4, 0.5) is 5.00 Å². The molecule has 3 nitrogen and oxygen atoms in total. The van der Waals surface area contributed by atoms with Crippen molar-refractivity contribution in [2.75, 3.05) is 5.32 Å². The molecular formula is C16H22N2OS. The first kappa shape index (κ1) is 15.1. The van der Waals surface area contributed by atoms with E-state index in [4.69, 9.17) is 0 Å². The summed E-state index contributed by atoms with van der Waals surface area (Å²) >= 11 is 1.52. The standard InChI is InChI=1S/C16H22N2OS/c1-3-13-11(2)20-16(14(13)10-17)18-15(19)9-8-12-6-4-5-7-12/h12H,3-9H2,1-2H3,(H,18,19). The van der Waals surface area contributed by atoms with Crippen LogP contribution in [0.5, 0.6) is 0 Å². The minimum absolute atomic E-state index is 0.0531. The van der Waals surface area contributed by atoms with E-state index < -0.39 is 0 Å². The van der Waals surface area contributed by atoms with Gasteiger partial charge in [-0.3, -0.25) is 4.79 Å². The predicted molar refractivity (Wildman–Crippen MR) is 83.0 cm³/mol. The average molecular weight is 290 g/mol. The van der Waals surface area contributed by atoms with Crippen molar-refractivity contribution in [2.24, 2.45) is 5.92 Å². The number of nitriles is 1. The minimum Gasteiger partial charge on any atom is -0.317 e. The molecule has 0 spiro atoms. The summed E-state index contributed by atoms with van der Waals surface area (Å²) in [6.07, 6.45) is 7.57. The lowest BCUT2D eigenvalue weighted by atomic mass is 10.0. The highest BCUT2D eigenvalue weighted by atomic mass is 32.1. The van der Waals surface area contributed by atoms with Crippen molar-refractivity contribution in [3.05, 3.63) is 16.0 Å². The number of rotatable bonds is 5. The number of hydrogen-bond donors (Lipinski definition) is 1. The normalized spacial score (nSPS) is 15.2. The van der Waals surface area contributed by atoms with Gasteiger partial charge in [0.1, 0.15) is 11.1 Å². The number of anilines is 1. The Morgan fingerprint density at radius 3 is 2.75 bits per heavy atom. The third-order valence-electron chi connectivity index (χ3n) is 4.18. The molecular weight excluding hydrogens is 268 g/mol. The lowest BCUT2D eigenvalue weighted by Gasteiger charge is -2.08. The molecule has 0 aromatic carbocycles. The first-order valence-electron chi connectivity index (χ1n) is 7.47. The fourth-order valence-corrected chi connectivity index (χ4v) is 4.15. The van der Waals surface area contributed by atoms with Crippen LogP contribution in [0.2, 0.25) is 0 Å². The Labute approximate surface area is 125 Å². The molecule has 0 saturated heterocycles. The monoisotopic (exact) mass is 290 g/mol. The molecule has 0 atom stereocenters. The van der Waals surface area contributed by atoms with Gasteiger partial charge in [0.2, 0.25) is 5.91 Å². The molecule has 1 saturated carbocycles. The third kappa shape index (κ3) is 3.40. The zero-order chi connectivity index (χ0) is 14.5. The van der Waals surface area contributed by atoms with Gasteiger partial charge in [-0.1, -0.05) is 32.6 Å². The molecule has 0 radical (unpaired) electrons. The van der Waals surface area contributed by atoms with E-state index in [1.54, 1.807) is 0 Å². The fourth-order valence-electron chi connectivity index (χ4n) is 3.03. The summed E-state index contributed by atoms with van der Waals surface area (Å²) in [5.41, 5.74) is 1.73.